The van der Waals surface area contributed by atoms with Gasteiger partial charge < -0.3 is 9.42 Å². The van der Waals surface area contributed by atoms with Gasteiger partial charge in [-0.1, -0.05) is 49.3 Å². The van der Waals surface area contributed by atoms with E-state index in [2.05, 4.69) is 15.6 Å². The average Bonchev–Trinajstić information content (AvgIpc) is 3.23. The number of benzene rings is 1. The van der Waals surface area contributed by atoms with Gasteiger partial charge in [-0.25, -0.2) is 4.79 Å². The number of aryl methyl sites for hydroxylation is 1. The predicted octanol–water partition coefficient (Wildman–Crippen LogP) is 3.86. The third-order valence-corrected chi connectivity index (χ3v) is 4.09. The summed E-state index contributed by atoms with van der Waals surface area (Å²) in [5, 5.41) is 11.3. The van der Waals surface area contributed by atoms with Gasteiger partial charge in [0, 0.05) is 31.8 Å². The van der Waals surface area contributed by atoms with E-state index in [9.17, 15) is 4.79 Å². The maximum Gasteiger partial charge on any atom is 0.323 e. The number of carbonyl (C=O) groups excluding carboxylic acids is 1. The van der Waals surface area contributed by atoms with Crippen molar-refractivity contribution in [3.05, 3.63) is 53.9 Å². The fourth-order valence-corrected chi connectivity index (χ4v) is 2.52. The van der Waals surface area contributed by atoms with Crippen molar-refractivity contribution in [3.63, 3.8) is 0 Å². The first-order valence-electron chi connectivity index (χ1n) is 8.51. The monoisotopic (exact) mass is 353 g/mol. The lowest BCUT2D eigenvalue weighted by molar-refractivity contribution is 0.214. The van der Waals surface area contributed by atoms with Crippen molar-refractivity contribution in [1.82, 2.24) is 19.8 Å². The van der Waals surface area contributed by atoms with Gasteiger partial charge in [-0.3, -0.25) is 10.00 Å². The standard InChI is InChI=1S/C19H23N5O2/c1-13(2)16-10-15(26-22-16)12-23(3)19(25)20-18-11-17(21-24(18)4)14-8-6-5-7-9-14/h5-11,13H,12H2,1-4H3,(H,20,25). The molecule has 0 saturated heterocycles. The second-order valence-corrected chi connectivity index (χ2v) is 6.56. The molecule has 7 nitrogen and oxygen atoms in total. The second kappa shape index (κ2) is 7.43. The van der Waals surface area contributed by atoms with Gasteiger partial charge in [0.1, 0.15) is 5.82 Å². The molecule has 1 aromatic carbocycles. The van der Waals surface area contributed by atoms with Gasteiger partial charge in [0.25, 0.3) is 0 Å². The van der Waals surface area contributed by atoms with E-state index in [0.29, 0.717) is 18.1 Å². The zero-order chi connectivity index (χ0) is 18.7. The van der Waals surface area contributed by atoms with Gasteiger partial charge in [-0.15, -0.1) is 0 Å². The van der Waals surface area contributed by atoms with Gasteiger partial charge >= 0.3 is 6.03 Å². The average molecular weight is 353 g/mol. The quantitative estimate of drug-likeness (QED) is 0.755. The fraction of sp³-hybridized carbons (Fsp3) is 0.316. The van der Waals surface area contributed by atoms with Crippen LogP contribution in [0.2, 0.25) is 0 Å². The van der Waals surface area contributed by atoms with Gasteiger partial charge in [0.15, 0.2) is 5.76 Å². The molecule has 0 radical (unpaired) electrons. The molecular weight excluding hydrogens is 330 g/mol. The highest BCUT2D eigenvalue weighted by Crippen LogP contribution is 2.21. The molecule has 26 heavy (non-hydrogen) atoms. The van der Waals surface area contributed by atoms with E-state index in [-0.39, 0.29) is 11.9 Å². The van der Waals surface area contributed by atoms with Crippen LogP contribution in [0.4, 0.5) is 10.6 Å². The first-order valence-corrected chi connectivity index (χ1v) is 8.51. The predicted molar refractivity (Wildman–Crippen MR) is 99.7 cm³/mol. The summed E-state index contributed by atoms with van der Waals surface area (Å²) in [4.78, 5) is 14.0. The highest BCUT2D eigenvalue weighted by Gasteiger charge is 2.16. The third kappa shape index (κ3) is 3.93. The van der Waals surface area contributed by atoms with E-state index >= 15 is 0 Å². The molecule has 0 aliphatic rings. The molecule has 0 atom stereocenters. The normalized spacial score (nSPS) is 11.0. The molecule has 3 rings (SSSR count). The Morgan fingerprint density at radius 2 is 2.00 bits per heavy atom. The van der Waals surface area contributed by atoms with Crippen molar-refractivity contribution in [2.24, 2.45) is 7.05 Å². The van der Waals surface area contributed by atoms with Crippen LogP contribution in [0.1, 0.15) is 31.2 Å². The number of carbonyl (C=O) groups is 1. The van der Waals surface area contributed by atoms with E-state index in [4.69, 9.17) is 4.52 Å². The third-order valence-electron chi connectivity index (χ3n) is 4.09. The summed E-state index contributed by atoms with van der Waals surface area (Å²) in [6.07, 6.45) is 0. The Morgan fingerprint density at radius 1 is 1.27 bits per heavy atom. The number of anilines is 1. The molecule has 0 spiro atoms. The first-order chi connectivity index (χ1) is 12.4. The Kier molecular flexibility index (Phi) is 5.06. The Hall–Kier alpha value is -3.09. The maximum atomic E-state index is 12.5. The minimum atomic E-state index is -0.241. The van der Waals surface area contributed by atoms with E-state index in [1.807, 2.05) is 56.3 Å². The second-order valence-electron chi connectivity index (χ2n) is 6.56. The number of aromatic nitrogens is 3. The molecule has 7 heteroatoms. The van der Waals surface area contributed by atoms with Gasteiger partial charge in [-0.05, 0) is 5.92 Å². The summed E-state index contributed by atoms with van der Waals surface area (Å²) < 4.78 is 6.95. The maximum absolute atomic E-state index is 12.5. The first kappa shape index (κ1) is 17.7. The number of amides is 2. The molecule has 136 valence electrons. The molecule has 0 aliphatic heterocycles. The van der Waals surface area contributed by atoms with Crippen LogP contribution in [0.5, 0.6) is 0 Å². The lowest BCUT2D eigenvalue weighted by atomic mass is 10.1. The van der Waals surface area contributed by atoms with Gasteiger partial charge in [-0.2, -0.15) is 5.10 Å². The van der Waals surface area contributed by atoms with Crippen LogP contribution in [0.3, 0.4) is 0 Å². The zero-order valence-electron chi connectivity index (χ0n) is 15.4. The zero-order valence-corrected chi connectivity index (χ0v) is 15.4. The molecule has 0 bridgehead atoms. The topological polar surface area (TPSA) is 76.2 Å². The highest BCUT2D eigenvalue weighted by atomic mass is 16.5. The number of urea groups is 1. The summed E-state index contributed by atoms with van der Waals surface area (Å²) in [7, 11) is 3.51. The smallest absolute Gasteiger partial charge is 0.323 e. The SMILES string of the molecule is CC(C)c1cc(CN(C)C(=O)Nc2cc(-c3ccccc3)nn2C)on1. The number of nitrogens with one attached hydrogen (secondary N) is 1. The van der Waals surface area contributed by atoms with E-state index in [1.54, 1.807) is 23.7 Å². The van der Waals surface area contributed by atoms with E-state index in [1.165, 1.54) is 0 Å². The van der Waals surface area contributed by atoms with Crippen LogP contribution in [-0.2, 0) is 13.6 Å². The number of hydrogen-bond donors (Lipinski definition) is 1. The summed E-state index contributed by atoms with van der Waals surface area (Å²) in [5.74, 6) is 1.57. The van der Waals surface area contributed by atoms with Crippen molar-refractivity contribution >= 4 is 11.8 Å². The largest absolute Gasteiger partial charge is 0.359 e. The number of nitrogens with zero attached hydrogens (tertiary/aromatic N) is 4. The minimum absolute atomic E-state index is 0.241. The molecule has 0 fully saturated rings. The Bertz CT molecular complexity index is 882. The number of rotatable bonds is 5. The van der Waals surface area contributed by atoms with Crippen molar-refractivity contribution in [2.45, 2.75) is 26.3 Å². The summed E-state index contributed by atoms with van der Waals surface area (Å²) in [5.41, 5.74) is 2.69. The van der Waals surface area contributed by atoms with E-state index in [0.717, 1.165) is 17.0 Å². The lowest BCUT2D eigenvalue weighted by Gasteiger charge is -2.16. The van der Waals surface area contributed by atoms with Gasteiger partial charge in [0.2, 0.25) is 0 Å². The molecule has 0 aliphatic carbocycles. The Morgan fingerprint density at radius 3 is 2.65 bits per heavy atom. The van der Waals surface area contributed by atoms with Crippen LogP contribution >= 0.6 is 0 Å². The molecule has 2 heterocycles. The van der Waals surface area contributed by atoms with Crippen LogP contribution in [-0.4, -0.2) is 32.9 Å². The Labute approximate surface area is 152 Å². The molecule has 3 aromatic rings. The van der Waals surface area contributed by atoms with Crippen molar-refractivity contribution in [2.75, 3.05) is 12.4 Å². The van der Waals surface area contributed by atoms with Crippen molar-refractivity contribution < 1.29 is 9.32 Å². The molecule has 1 N–H and O–H groups in total. The van der Waals surface area contributed by atoms with Crippen LogP contribution in [0, 0.1) is 0 Å². The van der Waals surface area contributed by atoms with Gasteiger partial charge in [0.05, 0.1) is 17.9 Å². The molecule has 2 amide bonds. The summed E-state index contributed by atoms with van der Waals surface area (Å²) >= 11 is 0. The van der Waals surface area contributed by atoms with Crippen LogP contribution in [0.25, 0.3) is 11.3 Å². The van der Waals surface area contributed by atoms with Crippen LogP contribution in [0.15, 0.2) is 47.0 Å². The highest BCUT2D eigenvalue weighted by molar-refractivity contribution is 5.88. The molecule has 0 saturated carbocycles. The Balaban J connectivity index is 1.66. The van der Waals surface area contributed by atoms with Crippen molar-refractivity contribution in [3.8, 4) is 11.3 Å². The molecule has 2 aromatic heterocycles. The fourth-order valence-electron chi connectivity index (χ4n) is 2.52. The number of hydrogen-bond acceptors (Lipinski definition) is 4. The van der Waals surface area contributed by atoms with Crippen molar-refractivity contribution in [1.29, 1.82) is 0 Å². The minimum Gasteiger partial charge on any atom is -0.359 e. The van der Waals surface area contributed by atoms with E-state index < -0.39 is 0 Å². The summed E-state index contributed by atoms with van der Waals surface area (Å²) in [6.45, 7) is 4.44. The summed E-state index contributed by atoms with van der Waals surface area (Å²) in [6, 6.07) is 13.3. The van der Waals surface area contributed by atoms with Crippen LogP contribution < -0.4 is 5.32 Å². The molecular formula is C19H23N5O2. The molecule has 0 unspecified atom stereocenters. The lowest BCUT2D eigenvalue weighted by Crippen LogP contribution is -2.31.